The molecule has 1 aromatic heterocycles. The van der Waals surface area contributed by atoms with Crippen molar-refractivity contribution in [3.63, 3.8) is 0 Å². The standard InChI is InChI=1S/C26H41N3O2/c1-5-26-13-12-24(3,31)14-18(26)6-7-19-20-8-9-22(25(20,4)11-10-21(19)26)23(30)16-29-15-17(2)27-28-29/h15,18-22,31H,5-14,16H2,1-4H3/t18-,19+,20+,21+,22-,24-,25+,26+/m1/s1. The highest BCUT2D eigenvalue weighted by atomic mass is 16.3. The summed E-state index contributed by atoms with van der Waals surface area (Å²) in [5.74, 6) is 3.46. The van der Waals surface area contributed by atoms with E-state index < -0.39 is 5.60 Å². The molecule has 1 heterocycles. The van der Waals surface area contributed by atoms with Crippen molar-refractivity contribution < 1.29 is 9.90 Å². The Morgan fingerprint density at radius 2 is 1.94 bits per heavy atom. The first-order valence-electron chi connectivity index (χ1n) is 12.8. The molecule has 172 valence electrons. The van der Waals surface area contributed by atoms with Crippen LogP contribution in [0.25, 0.3) is 0 Å². The molecule has 0 amide bonds. The van der Waals surface area contributed by atoms with Gasteiger partial charge in [0.05, 0.1) is 11.3 Å². The first-order chi connectivity index (χ1) is 14.7. The molecular formula is C26H41N3O2. The topological polar surface area (TPSA) is 68.0 Å². The normalized spacial score (nSPS) is 46.8. The van der Waals surface area contributed by atoms with Crippen LogP contribution in [0.15, 0.2) is 6.20 Å². The van der Waals surface area contributed by atoms with Crippen LogP contribution in [0.3, 0.4) is 0 Å². The highest BCUT2D eigenvalue weighted by Gasteiger charge is 2.62. The van der Waals surface area contributed by atoms with Crippen molar-refractivity contribution in [1.29, 1.82) is 0 Å². The number of rotatable bonds is 4. The smallest absolute Gasteiger partial charge is 0.157 e. The van der Waals surface area contributed by atoms with Gasteiger partial charge in [0.2, 0.25) is 0 Å². The minimum Gasteiger partial charge on any atom is -0.390 e. The molecule has 8 atom stereocenters. The molecule has 0 unspecified atom stereocenters. The lowest BCUT2D eigenvalue weighted by atomic mass is 9.42. The van der Waals surface area contributed by atoms with E-state index in [1.807, 2.05) is 13.1 Å². The molecule has 4 aliphatic rings. The fourth-order valence-electron chi connectivity index (χ4n) is 9.22. The highest BCUT2D eigenvalue weighted by molar-refractivity contribution is 5.82. The van der Waals surface area contributed by atoms with Crippen LogP contribution in [-0.2, 0) is 11.3 Å². The Kier molecular flexibility index (Phi) is 5.16. The quantitative estimate of drug-likeness (QED) is 0.738. The molecule has 5 nitrogen and oxygen atoms in total. The van der Waals surface area contributed by atoms with Crippen molar-refractivity contribution >= 4 is 5.78 Å². The fourth-order valence-corrected chi connectivity index (χ4v) is 9.22. The first-order valence-corrected chi connectivity index (χ1v) is 12.8. The number of carbonyl (C=O) groups excluding carboxylic acids is 1. The second kappa shape index (κ2) is 7.40. The van der Waals surface area contributed by atoms with Crippen LogP contribution >= 0.6 is 0 Å². The summed E-state index contributed by atoms with van der Waals surface area (Å²) < 4.78 is 1.73. The SMILES string of the molecule is CC[C@]12CC[C@@](C)(O)C[C@H]1CC[C@H]1[C@@H]3CC[C@H](C(=O)Cn4cc(C)nn4)[C@@]3(C)CC[C@@H]12. The summed E-state index contributed by atoms with van der Waals surface area (Å²) in [5.41, 5.74) is 0.976. The van der Waals surface area contributed by atoms with Gasteiger partial charge in [-0.15, -0.1) is 5.10 Å². The van der Waals surface area contributed by atoms with E-state index in [4.69, 9.17) is 0 Å². The molecule has 0 aromatic carbocycles. The lowest BCUT2D eigenvalue weighted by Gasteiger charge is -2.63. The van der Waals surface area contributed by atoms with Crippen molar-refractivity contribution in [2.75, 3.05) is 0 Å². The summed E-state index contributed by atoms with van der Waals surface area (Å²) in [6, 6.07) is 0. The van der Waals surface area contributed by atoms with Gasteiger partial charge in [-0.1, -0.05) is 19.1 Å². The summed E-state index contributed by atoms with van der Waals surface area (Å²) >= 11 is 0. The van der Waals surface area contributed by atoms with Crippen molar-refractivity contribution in [3.8, 4) is 0 Å². The predicted molar refractivity (Wildman–Crippen MR) is 120 cm³/mol. The van der Waals surface area contributed by atoms with Crippen molar-refractivity contribution in [2.24, 2.45) is 40.4 Å². The number of ketones is 1. The van der Waals surface area contributed by atoms with Gasteiger partial charge >= 0.3 is 0 Å². The van der Waals surface area contributed by atoms with Gasteiger partial charge in [0.1, 0.15) is 6.54 Å². The summed E-state index contributed by atoms with van der Waals surface area (Å²) in [6.07, 6.45) is 13.6. The zero-order valence-corrected chi connectivity index (χ0v) is 19.9. The summed E-state index contributed by atoms with van der Waals surface area (Å²) in [6.45, 7) is 9.20. The van der Waals surface area contributed by atoms with Gasteiger partial charge < -0.3 is 5.11 Å². The zero-order valence-electron chi connectivity index (χ0n) is 19.9. The van der Waals surface area contributed by atoms with E-state index in [1.54, 1.807) is 4.68 Å². The third-order valence-corrected chi connectivity index (χ3v) is 10.7. The molecule has 1 N–H and O–H groups in total. The number of Topliss-reactive ketones (excluding diaryl/α,β-unsaturated/α-hetero) is 1. The molecule has 4 aliphatic carbocycles. The number of nitrogens with zero attached hydrogens (tertiary/aromatic N) is 3. The molecule has 0 aliphatic heterocycles. The molecule has 5 rings (SSSR count). The average molecular weight is 428 g/mol. The number of hydrogen-bond acceptors (Lipinski definition) is 4. The van der Waals surface area contributed by atoms with Crippen LogP contribution in [-0.4, -0.2) is 31.5 Å². The minimum absolute atomic E-state index is 0.149. The molecule has 0 spiro atoms. The Balaban J connectivity index is 1.36. The van der Waals surface area contributed by atoms with Crippen LogP contribution < -0.4 is 0 Å². The molecule has 1 aromatic rings. The second-order valence-electron chi connectivity index (χ2n) is 12.1. The van der Waals surface area contributed by atoms with E-state index in [0.29, 0.717) is 29.6 Å². The maximum absolute atomic E-state index is 13.3. The predicted octanol–water partition coefficient (Wildman–Crippen LogP) is 4.96. The van der Waals surface area contributed by atoms with Gasteiger partial charge in [-0.25, -0.2) is 4.68 Å². The third-order valence-electron chi connectivity index (χ3n) is 10.7. The summed E-state index contributed by atoms with van der Waals surface area (Å²) in [4.78, 5) is 13.3. The van der Waals surface area contributed by atoms with E-state index in [2.05, 4.69) is 31.1 Å². The Labute approximate surface area is 187 Å². The third kappa shape index (κ3) is 3.32. The number of aromatic nitrogens is 3. The molecule has 0 saturated heterocycles. The van der Waals surface area contributed by atoms with Crippen LogP contribution in [0.2, 0.25) is 0 Å². The van der Waals surface area contributed by atoms with Gasteiger partial charge in [-0.2, -0.15) is 0 Å². The van der Waals surface area contributed by atoms with E-state index >= 15 is 0 Å². The van der Waals surface area contributed by atoms with Crippen LogP contribution in [0.4, 0.5) is 0 Å². The Bertz CT molecular complexity index is 847. The molecule has 31 heavy (non-hydrogen) atoms. The molecule has 0 radical (unpaired) electrons. The lowest BCUT2D eigenvalue weighted by Crippen LogP contribution is -2.56. The average Bonchev–Trinajstić information content (AvgIpc) is 3.29. The number of aryl methyl sites for hydroxylation is 1. The van der Waals surface area contributed by atoms with E-state index in [0.717, 1.165) is 36.8 Å². The van der Waals surface area contributed by atoms with E-state index in [9.17, 15) is 9.90 Å². The van der Waals surface area contributed by atoms with E-state index in [1.165, 1.54) is 44.9 Å². The maximum Gasteiger partial charge on any atom is 0.157 e. The van der Waals surface area contributed by atoms with Crippen molar-refractivity contribution in [2.45, 2.75) is 104 Å². The Hall–Kier alpha value is -1.23. The summed E-state index contributed by atoms with van der Waals surface area (Å²) in [7, 11) is 0. The zero-order chi connectivity index (χ0) is 22.0. The fraction of sp³-hybridized carbons (Fsp3) is 0.885. The van der Waals surface area contributed by atoms with Gasteiger partial charge in [-0.3, -0.25) is 4.79 Å². The lowest BCUT2D eigenvalue weighted by molar-refractivity contribution is -0.158. The summed E-state index contributed by atoms with van der Waals surface area (Å²) in [5, 5.41) is 19.0. The van der Waals surface area contributed by atoms with Crippen LogP contribution in [0.5, 0.6) is 0 Å². The highest BCUT2D eigenvalue weighted by Crippen LogP contribution is 2.69. The largest absolute Gasteiger partial charge is 0.390 e. The minimum atomic E-state index is -0.468. The second-order valence-corrected chi connectivity index (χ2v) is 12.1. The van der Waals surface area contributed by atoms with Crippen molar-refractivity contribution in [3.05, 3.63) is 11.9 Å². The first kappa shape index (κ1) is 21.6. The molecule has 0 bridgehead atoms. The van der Waals surface area contributed by atoms with Gasteiger partial charge in [0.25, 0.3) is 0 Å². The van der Waals surface area contributed by atoms with Crippen LogP contribution in [0.1, 0.15) is 90.7 Å². The maximum atomic E-state index is 13.3. The van der Waals surface area contributed by atoms with Gasteiger partial charge in [0.15, 0.2) is 5.78 Å². The van der Waals surface area contributed by atoms with Gasteiger partial charge in [-0.05, 0) is 113 Å². The number of carbonyl (C=O) groups is 1. The number of hydrogen-bond donors (Lipinski definition) is 1. The Morgan fingerprint density at radius 3 is 2.65 bits per heavy atom. The number of fused-ring (bicyclic) bond motifs is 5. The van der Waals surface area contributed by atoms with Gasteiger partial charge in [0, 0.05) is 12.1 Å². The number of aliphatic hydroxyl groups is 1. The monoisotopic (exact) mass is 427 g/mol. The molecule has 4 fully saturated rings. The molecule has 5 heteroatoms. The van der Waals surface area contributed by atoms with E-state index in [-0.39, 0.29) is 11.3 Å². The Morgan fingerprint density at radius 1 is 1.13 bits per heavy atom. The van der Waals surface area contributed by atoms with Crippen LogP contribution in [0, 0.1) is 47.3 Å². The molecule has 4 saturated carbocycles. The van der Waals surface area contributed by atoms with Crippen molar-refractivity contribution in [1.82, 2.24) is 15.0 Å². The molecular weight excluding hydrogens is 386 g/mol.